The molecule has 0 aliphatic carbocycles. The number of urea groups is 1. The zero-order chi connectivity index (χ0) is 24.9. The van der Waals surface area contributed by atoms with Crippen LogP contribution < -0.4 is 10.9 Å². The maximum atomic E-state index is 13.5. The Balaban J connectivity index is 2.07. The first-order valence-corrected chi connectivity index (χ1v) is 10.9. The van der Waals surface area contributed by atoms with Crippen LogP contribution in [0.3, 0.4) is 0 Å². The van der Waals surface area contributed by atoms with Crippen LogP contribution in [0.2, 0.25) is 0 Å². The molecule has 2 amide bonds. The largest absolute Gasteiger partial charge is 0.418 e. The van der Waals surface area contributed by atoms with Crippen LogP contribution in [0.1, 0.15) is 37.7 Å². The fourth-order valence-corrected chi connectivity index (χ4v) is 3.90. The Kier molecular flexibility index (Phi) is 7.93. The summed E-state index contributed by atoms with van der Waals surface area (Å²) in [5, 5.41) is 2.85. The van der Waals surface area contributed by atoms with E-state index in [1.165, 1.54) is 34.8 Å². The van der Waals surface area contributed by atoms with Gasteiger partial charge in [0.05, 0.1) is 34.8 Å². The Labute approximate surface area is 195 Å². The molecule has 1 unspecified atom stereocenters. The van der Waals surface area contributed by atoms with E-state index in [1.54, 1.807) is 31.2 Å². The monoisotopic (exact) mass is 476 g/mol. The normalized spacial score (nSPS) is 12.5. The van der Waals surface area contributed by atoms with Crippen molar-refractivity contribution in [2.24, 2.45) is 0 Å². The lowest BCUT2D eigenvalue weighted by Gasteiger charge is -2.32. The number of hydrogen-bond acceptors (Lipinski definition) is 4. The molecule has 182 valence electrons. The van der Waals surface area contributed by atoms with Gasteiger partial charge in [-0.15, -0.1) is 0 Å². The molecule has 0 spiro atoms. The Hall–Kier alpha value is -3.40. The van der Waals surface area contributed by atoms with Crippen molar-refractivity contribution in [2.45, 2.75) is 39.0 Å². The maximum absolute atomic E-state index is 13.5. The number of aromatic nitrogens is 2. The van der Waals surface area contributed by atoms with E-state index in [1.807, 2.05) is 6.92 Å². The molecule has 1 atom stereocenters. The minimum Gasteiger partial charge on any atom is -0.383 e. The Morgan fingerprint density at radius 3 is 2.47 bits per heavy atom. The summed E-state index contributed by atoms with van der Waals surface area (Å²) in [5.74, 6) is 0.365. The number of rotatable bonds is 8. The molecule has 0 radical (unpaired) electrons. The van der Waals surface area contributed by atoms with E-state index >= 15 is 0 Å². The van der Waals surface area contributed by atoms with Crippen molar-refractivity contribution < 1.29 is 22.7 Å². The molecule has 0 saturated carbocycles. The number of methoxy groups -OCH3 is 1. The molecule has 7 nitrogen and oxygen atoms in total. The number of fused-ring (bicyclic) bond motifs is 1. The van der Waals surface area contributed by atoms with Crippen molar-refractivity contribution in [1.82, 2.24) is 14.5 Å². The van der Waals surface area contributed by atoms with Gasteiger partial charge in [-0.25, -0.2) is 9.78 Å². The topological polar surface area (TPSA) is 76.5 Å². The molecule has 2 aromatic carbocycles. The highest BCUT2D eigenvalue weighted by Gasteiger charge is 2.35. The molecule has 0 saturated heterocycles. The van der Waals surface area contributed by atoms with Gasteiger partial charge < -0.3 is 15.0 Å². The number of carbonyl (C=O) groups is 1. The molecule has 1 aromatic heterocycles. The second-order valence-electron chi connectivity index (χ2n) is 7.62. The van der Waals surface area contributed by atoms with Gasteiger partial charge in [0.25, 0.3) is 5.56 Å². The number of halogens is 3. The van der Waals surface area contributed by atoms with Gasteiger partial charge in [0.15, 0.2) is 0 Å². The first-order valence-electron chi connectivity index (χ1n) is 10.9. The van der Waals surface area contributed by atoms with Crippen LogP contribution in [-0.2, 0) is 17.5 Å². The van der Waals surface area contributed by atoms with Crippen LogP contribution in [0, 0.1) is 0 Å². The number of ether oxygens (including phenoxy) is 1. The summed E-state index contributed by atoms with van der Waals surface area (Å²) in [6.45, 7) is 4.17. The quantitative estimate of drug-likeness (QED) is 0.493. The lowest BCUT2D eigenvalue weighted by molar-refractivity contribution is -0.136. The van der Waals surface area contributed by atoms with Crippen molar-refractivity contribution in [3.63, 3.8) is 0 Å². The van der Waals surface area contributed by atoms with E-state index < -0.39 is 23.8 Å². The molecule has 3 aromatic rings. The number of nitrogens with zero attached hydrogens (tertiary/aromatic N) is 3. The molecule has 1 heterocycles. The van der Waals surface area contributed by atoms with Gasteiger partial charge in [-0.3, -0.25) is 9.36 Å². The third kappa shape index (κ3) is 5.22. The van der Waals surface area contributed by atoms with Crippen LogP contribution in [0.5, 0.6) is 0 Å². The number of anilines is 1. The number of nitrogens with one attached hydrogen (secondary N) is 1. The first-order chi connectivity index (χ1) is 16.2. The van der Waals surface area contributed by atoms with E-state index in [-0.39, 0.29) is 24.4 Å². The Morgan fingerprint density at radius 2 is 1.82 bits per heavy atom. The Morgan fingerprint density at radius 1 is 1.15 bits per heavy atom. The third-order valence-electron chi connectivity index (χ3n) is 5.54. The second-order valence-corrected chi connectivity index (χ2v) is 7.62. The van der Waals surface area contributed by atoms with Gasteiger partial charge in [-0.2, -0.15) is 13.2 Å². The zero-order valence-electron chi connectivity index (χ0n) is 19.2. The molecule has 1 N–H and O–H groups in total. The van der Waals surface area contributed by atoms with Crippen LogP contribution >= 0.6 is 0 Å². The van der Waals surface area contributed by atoms with Gasteiger partial charge in [0, 0.05) is 20.2 Å². The summed E-state index contributed by atoms with van der Waals surface area (Å²) in [6, 6.07) is 10.3. The van der Waals surface area contributed by atoms with Crippen molar-refractivity contribution in [1.29, 1.82) is 0 Å². The van der Waals surface area contributed by atoms with Crippen molar-refractivity contribution >= 4 is 22.6 Å². The van der Waals surface area contributed by atoms with Crippen LogP contribution in [0.15, 0.2) is 53.3 Å². The third-order valence-corrected chi connectivity index (χ3v) is 5.54. The van der Waals surface area contributed by atoms with Gasteiger partial charge >= 0.3 is 12.2 Å². The lowest BCUT2D eigenvalue weighted by atomic mass is 10.1. The summed E-state index contributed by atoms with van der Waals surface area (Å²) >= 11 is 0. The SMILES string of the molecule is CCC(c1nc2ccccc2c(=O)n1CC)N(CCOC)C(=O)Nc1ccccc1C(F)(F)F. The van der Waals surface area contributed by atoms with E-state index in [0.29, 0.717) is 29.7 Å². The summed E-state index contributed by atoms with van der Waals surface area (Å²) in [7, 11) is 1.46. The predicted octanol–water partition coefficient (Wildman–Crippen LogP) is 5.07. The van der Waals surface area contributed by atoms with Crippen LogP contribution in [-0.4, -0.2) is 40.7 Å². The smallest absolute Gasteiger partial charge is 0.383 e. The number of para-hydroxylation sites is 2. The standard InChI is InChI=1S/C24H27F3N4O3/c1-4-20(21-28-18-12-8-6-10-16(18)22(32)30(21)5-2)31(14-15-34-3)23(33)29-19-13-9-7-11-17(19)24(25,26)27/h6-13,20H,4-5,14-15H2,1-3H3,(H,29,33). The van der Waals surface area contributed by atoms with E-state index in [0.717, 1.165) is 6.07 Å². The summed E-state index contributed by atoms with van der Waals surface area (Å²) < 4.78 is 47.0. The minimum atomic E-state index is -4.63. The number of hydrogen-bond donors (Lipinski definition) is 1. The van der Waals surface area contributed by atoms with Crippen molar-refractivity contribution in [2.75, 3.05) is 25.6 Å². The number of benzene rings is 2. The highest BCUT2D eigenvalue weighted by atomic mass is 19.4. The molecule has 3 rings (SSSR count). The van der Waals surface area contributed by atoms with Crippen molar-refractivity contribution in [3.05, 3.63) is 70.3 Å². The average molecular weight is 476 g/mol. The highest BCUT2D eigenvalue weighted by Crippen LogP contribution is 2.35. The maximum Gasteiger partial charge on any atom is 0.418 e. The average Bonchev–Trinajstić information content (AvgIpc) is 2.81. The zero-order valence-corrected chi connectivity index (χ0v) is 19.2. The minimum absolute atomic E-state index is 0.0848. The highest BCUT2D eigenvalue weighted by molar-refractivity contribution is 5.90. The molecule has 34 heavy (non-hydrogen) atoms. The van der Waals surface area contributed by atoms with E-state index in [9.17, 15) is 22.8 Å². The van der Waals surface area contributed by atoms with Crippen LogP contribution in [0.25, 0.3) is 10.9 Å². The van der Waals surface area contributed by atoms with E-state index in [4.69, 9.17) is 4.74 Å². The van der Waals surface area contributed by atoms with Gasteiger partial charge in [0.2, 0.25) is 0 Å². The molecule has 0 bridgehead atoms. The molecule has 0 aliphatic rings. The number of carbonyl (C=O) groups excluding carboxylic acids is 1. The fraction of sp³-hybridized carbons (Fsp3) is 0.375. The summed E-state index contributed by atoms with van der Waals surface area (Å²) in [5.41, 5.74) is -1.05. The van der Waals surface area contributed by atoms with Crippen LogP contribution in [0.4, 0.5) is 23.7 Å². The molecular formula is C24H27F3N4O3. The number of alkyl halides is 3. The van der Waals surface area contributed by atoms with Gasteiger partial charge in [0.1, 0.15) is 5.82 Å². The molecule has 0 aliphatic heterocycles. The molecule has 0 fully saturated rings. The number of amides is 2. The summed E-state index contributed by atoms with van der Waals surface area (Å²) in [4.78, 5) is 32.4. The lowest BCUT2D eigenvalue weighted by Crippen LogP contribution is -2.42. The van der Waals surface area contributed by atoms with Crippen molar-refractivity contribution in [3.8, 4) is 0 Å². The Bertz CT molecular complexity index is 1210. The molecular weight excluding hydrogens is 449 g/mol. The summed E-state index contributed by atoms with van der Waals surface area (Å²) in [6.07, 6.45) is -4.25. The predicted molar refractivity (Wildman–Crippen MR) is 124 cm³/mol. The molecule has 10 heteroatoms. The van der Waals surface area contributed by atoms with Gasteiger partial charge in [-0.05, 0) is 37.6 Å². The second kappa shape index (κ2) is 10.7. The first kappa shape index (κ1) is 25.2. The van der Waals surface area contributed by atoms with E-state index in [2.05, 4.69) is 10.3 Å². The fourth-order valence-electron chi connectivity index (χ4n) is 3.90. The van der Waals surface area contributed by atoms with Gasteiger partial charge in [-0.1, -0.05) is 31.2 Å².